The number of nitrogens with one attached hydrogen (secondary N) is 1. The Balaban J connectivity index is 2.05. The highest BCUT2D eigenvalue weighted by atomic mass is 35.5. The minimum atomic E-state index is -4.55. The first-order valence-electron chi connectivity index (χ1n) is 6.73. The van der Waals surface area contributed by atoms with Crippen LogP contribution in [0, 0.1) is 0 Å². The van der Waals surface area contributed by atoms with Crippen LogP contribution >= 0.6 is 11.6 Å². The van der Waals surface area contributed by atoms with E-state index in [4.69, 9.17) is 11.6 Å². The fourth-order valence-electron chi connectivity index (χ4n) is 2.22. The molecule has 2 heterocycles. The molecule has 0 fully saturated rings. The van der Waals surface area contributed by atoms with E-state index in [1.807, 2.05) is 0 Å². The summed E-state index contributed by atoms with van der Waals surface area (Å²) in [6.45, 7) is 0. The third kappa shape index (κ3) is 3.69. The first-order chi connectivity index (χ1) is 11.5. The van der Waals surface area contributed by atoms with Gasteiger partial charge in [0, 0.05) is 17.3 Å². The molecule has 1 N–H and O–H groups in total. The molecule has 0 aliphatic carbocycles. The largest absolute Gasteiger partial charge is 0.417 e. The van der Waals surface area contributed by atoms with Gasteiger partial charge in [0.1, 0.15) is 0 Å². The third-order valence-corrected chi connectivity index (χ3v) is 4.11. The number of anilines is 1. The maximum absolute atomic E-state index is 12.7. The molecule has 3 aromatic rings. The zero-order valence-electron chi connectivity index (χ0n) is 12.5. The fraction of sp³-hybridized carbons (Fsp3) is 0.143. The Kier molecular flexibility index (Phi) is 4.12. The topological polar surface area (TPSA) is 76.9 Å². The number of fused-ring (bicyclic) bond motifs is 1. The minimum absolute atomic E-state index is 0.0356. The normalized spacial score (nSPS) is 12.5. The van der Waals surface area contributed by atoms with E-state index in [-0.39, 0.29) is 10.8 Å². The first kappa shape index (κ1) is 17.5. The van der Waals surface area contributed by atoms with E-state index in [1.54, 1.807) is 6.07 Å². The number of pyridine rings is 1. The molecule has 0 atom stereocenters. The van der Waals surface area contributed by atoms with Crippen LogP contribution in [0.4, 0.5) is 18.9 Å². The zero-order valence-corrected chi connectivity index (χ0v) is 14.1. The summed E-state index contributed by atoms with van der Waals surface area (Å²) in [5, 5.41) is 4.42. The van der Waals surface area contributed by atoms with Gasteiger partial charge < -0.3 is 0 Å². The number of benzene rings is 1. The summed E-state index contributed by atoms with van der Waals surface area (Å²) in [4.78, 5) is 3.76. The van der Waals surface area contributed by atoms with Gasteiger partial charge in [0.2, 0.25) is 10.0 Å². The van der Waals surface area contributed by atoms with Crippen LogP contribution in [0.15, 0.2) is 36.7 Å². The van der Waals surface area contributed by atoms with E-state index >= 15 is 0 Å². The Morgan fingerprint density at radius 3 is 2.52 bits per heavy atom. The molecule has 0 unspecified atom stereocenters. The first-order valence-corrected chi connectivity index (χ1v) is 9.00. The molecule has 0 spiro atoms. The highest BCUT2D eigenvalue weighted by Crippen LogP contribution is 2.32. The molecule has 0 aliphatic rings. The Morgan fingerprint density at radius 1 is 1.20 bits per heavy atom. The Hall–Kier alpha value is -2.33. The second-order valence-corrected chi connectivity index (χ2v) is 7.39. The lowest BCUT2D eigenvalue weighted by molar-refractivity contribution is -0.137. The summed E-state index contributed by atoms with van der Waals surface area (Å²) < 4.78 is 64.2. The van der Waals surface area contributed by atoms with E-state index in [1.165, 1.54) is 23.0 Å². The van der Waals surface area contributed by atoms with Gasteiger partial charge in [0.15, 0.2) is 5.82 Å². The maximum atomic E-state index is 12.7. The molecular formula is C14H10ClF3N4O2S. The van der Waals surface area contributed by atoms with Crippen molar-refractivity contribution in [1.29, 1.82) is 0 Å². The van der Waals surface area contributed by atoms with E-state index in [2.05, 4.69) is 14.8 Å². The van der Waals surface area contributed by atoms with Crippen LogP contribution in [0.3, 0.4) is 0 Å². The van der Waals surface area contributed by atoms with Gasteiger partial charge in [-0.2, -0.15) is 18.3 Å². The second kappa shape index (κ2) is 5.88. The van der Waals surface area contributed by atoms with Crippen LogP contribution < -0.4 is 4.72 Å². The number of sulfonamides is 1. The molecule has 0 saturated heterocycles. The van der Waals surface area contributed by atoms with Crippen molar-refractivity contribution in [2.45, 2.75) is 6.18 Å². The highest BCUT2D eigenvalue weighted by molar-refractivity contribution is 7.92. The molecule has 0 radical (unpaired) electrons. The molecule has 132 valence electrons. The van der Waals surface area contributed by atoms with Crippen molar-refractivity contribution in [3.8, 4) is 5.82 Å². The molecule has 3 rings (SSSR count). The Labute approximate surface area is 145 Å². The number of hydrogen-bond donors (Lipinski definition) is 1. The van der Waals surface area contributed by atoms with Crippen molar-refractivity contribution in [2.75, 3.05) is 11.0 Å². The molecule has 0 bridgehead atoms. The van der Waals surface area contributed by atoms with Gasteiger partial charge in [-0.15, -0.1) is 0 Å². The molecule has 0 aliphatic heterocycles. The quantitative estimate of drug-likeness (QED) is 0.743. The van der Waals surface area contributed by atoms with Crippen molar-refractivity contribution in [1.82, 2.24) is 14.8 Å². The predicted molar refractivity (Wildman–Crippen MR) is 87.3 cm³/mol. The molecule has 11 heteroatoms. The summed E-state index contributed by atoms with van der Waals surface area (Å²) >= 11 is 5.93. The van der Waals surface area contributed by atoms with Crippen molar-refractivity contribution in [3.63, 3.8) is 0 Å². The van der Waals surface area contributed by atoms with E-state index in [0.29, 0.717) is 22.8 Å². The minimum Gasteiger partial charge on any atom is -0.284 e. The Bertz CT molecular complexity index is 1060. The number of rotatable bonds is 3. The molecule has 1 aromatic carbocycles. The third-order valence-electron chi connectivity index (χ3n) is 3.22. The number of nitrogens with zero attached hydrogens (tertiary/aromatic N) is 3. The summed E-state index contributed by atoms with van der Waals surface area (Å²) in [6, 6.07) is 5.37. The average molecular weight is 391 g/mol. The number of aromatic nitrogens is 3. The lowest BCUT2D eigenvalue weighted by atomic mass is 10.2. The van der Waals surface area contributed by atoms with Crippen molar-refractivity contribution in [2.24, 2.45) is 0 Å². The van der Waals surface area contributed by atoms with Crippen molar-refractivity contribution in [3.05, 3.63) is 47.2 Å². The summed E-state index contributed by atoms with van der Waals surface area (Å²) in [5.41, 5.74) is -0.119. The monoisotopic (exact) mass is 390 g/mol. The molecule has 6 nitrogen and oxygen atoms in total. The predicted octanol–water partition coefficient (Wildman–Crippen LogP) is 3.46. The van der Waals surface area contributed by atoms with Gasteiger partial charge in [0.05, 0.1) is 28.6 Å². The number of hydrogen-bond acceptors (Lipinski definition) is 4. The summed E-state index contributed by atoms with van der Waals surface area (Å²) in [7, 11) is -3.43. The summed E-state index contributed by atoms with van der Waals surface area (Å²) in [5.74, 6) is 0.0356. The Morgan fingerprint density at radius 2 is 1.92 bits per heavy atom. The van der Waals surface area contributed by atoms with Crippen LogP contribution in [0.5, 0.6) is 0 Å². The van der Waals surface area contributed by atoms with Crippen molar-refractivity contribution >= 4 is 38.2 Å². The molecular weight excluding hydrogens is 381 g/mol. The maximum Gasteiger partial charge on any atom is 0.417 e. The van der Waals surface area contributed by atoms with E-state index < -0.39 is 21.8 Å². The zero-order chi connectivity index (χ0) is 18.4. The van der Waals surface area contributed by atoms with E-state index in [9.17, 15) is 21.6 Å². The van der Waals surface area contributed by atoms with Crippen molar-refractivity contribution < 1.29 is 21.6 Å². The average Bonchev–Trinajstić information content (AvgIpc) is 2.87. The smallest absolute Gasteiger partial charge is 0.284 e. The van der Waals surface area contributed by atoms with Crippen LogP contribution in [0.25, 0.3) is 16.7 Å². The molecule has 25 heavy (non-hydrogen) atoms. The fourth-order valence-corrected chi connectivity index (χ4v) is 3.02. The SMILES string of the molecule is CS(=O)(=O)Nc1ccc2c(cnn2-c2ncc(C(F)(F)F)cc2Cl)c1. The van der Waals surface area contributed by atoms with Crippen LogP contribution in [-0.4, -0.2) is 29.4 Å². The van der Waals surface area contributed by atoms with Gasteiger partial charge in [0.25, 0.3) is 0 Å². The molecule has 2 aromatic heterocycles. The second-order valence-electron chi connectivity index (χ2n) is 5.23. The molecule has 0 amide bonds. The molecule has 0 saturated carbocycles. The standard InChI is InChI=1S/C14H10ClF3N4O2S/c1-25(23,24)21-10-2-3-12-8(4-10)6-20-22(12)13-11(15)5-9(7-19-13)14(16,17)18/h2-7,21H,1H3. The highest BCUT2D eigenvalue weighted by Gasteiger charge is 2.31. The van der Waals surface area contributed by atoms with E-state index in [0.717, 1.165) is 12.3 Å². The summed E-state index contributed by atoms with van der Waals surface area (Å²) in [6.07, 6.45) is -1.42. The van der Waals surface area contributed by atoms with Gasteiger partial charge in [-0.25, -0.2) is 18.1 Å². The van der Waals surface area contributed by atoms with Crippen LogP contribution in [0.1, 0.15) is 5.56 Å². The van der Waals surface area contributed by atoms with Gasteiger partial charge in [-0.1, -0.05) is 11.6 Å². The van der Waals surface area contributed by atoms with Gasteiger partial charge in [-0.3, -0.25) is 4.72 Å². The van der Waals surface area contributed by atoms with Crippen LogP contribution in [0.2, 0.25) is 5.02 Å². The van der Waals surface area contributed by atoms with Crippen LogP contribution in [-0.2, 0) is 16.2 Å². The number of halogens is 4. The lowest BCUT2D eigenvalue weighted by Gasteiger charge is -2.10. The number of alkyl halides is 3. The van der Waals surface area contributed by atoms with Gasteiger partial charge in [-0.05, 0) is 24.3 Å². The van der Waals surface area contributed by atoms with Gasteiger partial charge >= 0.3 is 6.18 Å². The lowest BCUT2D eigenvalue weighted by Crippen LogP contribution is -2.09.